The van der Waals surface area contributed by atoms with E-state index in [-0.39, 0.29) is 29.2 Å². The molecule has 0 radical (unpaired) electrons. The number of thiophene rings is 1. The molecule has 1 unspecified atom stereocenters. The summed E-state index contributed by atoms with van der Waals surface area (Å²) in [5, 5.41) is 0. The fourth-order valence-corrected chi connectivity index (χ4v) is 4.35. The van der Waals surface area contributed by atoms with Crippen molar-refractivity contribution < 1.29 is 8.42 Å². The molecular weight excluding hydrogens is 303 g/mol. The summed E-state index contributed by atoms with van der Waals surface area (Å²) in [7, 11) is -1.94. The van der Waals surface area contributed by atoms with Crippen LogP contribution in [0.25, 0.3) is 0 Å². The van der Waals surface area contributed by atoms with Gasteiger partial charge in [0.15, 0.2) is 0 Å². The highest BCUT2D eigenvalue weighted by Crippen LogP contribution is 2.31. The molecule has 0 saturated carbocycles. The predicted molar refractivity (Wildman–Crippen MR) is 74.8 cm³/mol. The lowest BCUT2D eigenvalue weighted by Gasteiger charge is -2.21. The van der Waals surface area contributed by atoms with Crippen molar-refractivity contribution in [2.24, 2.45) is 5.73 Å². The summed E-state index contributed by atoms with van der Waals surface area (Å²) in [6.45, 7) is 3.83. The van der Waals surface area contributed by atoms with Crippen LogP contribution in [0.1, 0.15) is 12.5 Å². The smallest absolute Gasteiger partial charge is 0.252 e. The molecule has 0 aliphatic heterocycles. The molecule has 17 heavy (non-hydrogen) atoms. The first-order chi connectivity index (χ1) is 7.30. The van der Waals surface area contributed by atoms with Crippen LogP contribution in [-0.4, -0.2) is 32.4 Å². The van der Waals surface area contributed by atoms with E-state index in [0.29, 0.717) is 4.34 Å². The van der Waals surface area contributed by atoms with Crippen molar-refractivity contribution in [2.45, 2.75) is 24.1 Å². The molecule has 0 saturated heterocycles. The molecule has 4 nitrogen and oxygen atoms in total. The summed E-state index contributed by atoms with van der Waals surface area (Å²) in [6.07, 6.45) is 0. The number of sulfonamides is 1. The summed E-state index contributed by atoms with van der Waals surface area (Å²) in [5.74, 6) is 0. The summed E-state index contributed by atoms with van der Waals surface area (Å²) in [4.78, 5) is 0. The number of halogens is 2. The molecule has 0 spiro atoms. The third-order valence-corrected chi connectivity index (χ3v) is 6.41. The minimum atomic E-state index is -3.46. The lowest BCUT2D eigenvalue weighted by Crippen LogP contribution is -2.39. The van der Waals surface area contributed by atoms with Crippen LogP contribution in [0.5, 0.6) is 0 Å². The van der Waals surface area contributed by atoms with E-state index in [1.54, 1.807) is 19.9 Å². The van der Waals surface area contributed by atoms with Crippen molar-refractivity contribution in [2.75, 3.05) is 13.6 Å². The Labute approximate surface area is 117 Å². The van der Waals surface area contributed by atoms with Gasteiger partial charge in [-0.25, -0.2) is 8.42 Å². The first-order valence-electron chi connectivity index (χ1n) is 4.74. The Morgan fingerprint density at radius 3 is 2.47 bits per heavy atom. The molecule has 1 aromatic heterocycles. The molecule has 2 N–H and O–H groups in total. The third kappa shape index (κ3) is 3.56. The first kappa shape index (κ1) is 17.2. The second-order valence-electron chi connectivity index (χ2n) is 3.63. The van der Waals surface area contributed by atoms with Gasteiger partial charge >= 0.3 is 0 Å². The van der Waals surface area contributed by atoms with Gasteiger partial charge in [-0.05, 0) is 25.5 Å². The zero-order valence-corrected chi connectivity index (χ0v) is 13.0. The lowest BCUT2D eigenvalue weighted by atomic mass is 10.4. The maximum atomic E-state index is 12.1. The topological polar surface area (TPSA) is 63.4 Å². The number of hydrogen-bond donors (Lipinski definition) is 1. The fourth-order valence-electron chi connectivity index (χ4n) is 1.09. The Kier molecular flexibility index (Phi) is 6.41. The van der Waals surface area contributed by atoms with Crippen molar-refractivity contribution in [3.8, 4) is 0 Å². The number of nitrogens with zero attached hydrogens (tertiary/aromatic N) is 1. The summed E-state index contributed by atoms with van der Waals surface area (Å²) < 4.78 is 26.3. The van der Waals surface area contributed by atoms with Crippen LogP contribution in [0.15, 0.2) is 10.3 Å². The van der Waals surface area contributed by atoms with Crippen LogP contribution in [0.4, 0.5) is 0 Å². The maximum Gasteiger partial charge on any atom is 0.252 e. The molecular formula is C9H16Cl2N2O2S2. The van der Waals surface area contributed by atoms with Crippen molar-refractivity contribution in [3.05, 3.63) is 16.0 Å². The van der Waals surface area contributed by atoms with Crippen LogP contribution in [0, 0.1) is 6.92 Å². The molecule has 100 valence electrons. The molecule has 8 heteroatoms. The van der Waals surface area contributed by atoms with Gasteiger partial charge < -0.3 is 5.73 Å². The average molecular weight is 319 g/mol. The molecule has 1 heterocycles. The number of likely N-dealkylation sites (N-methyl/N-ethyl adjacent to an activating group) is 1. The van der Waals surface area contributed by atoms with Crippen LogP contribution < -0.4 is 5.73 Å². The standard InChI is InChI=1S/C9H15ClN2O2S2.ClH/c1-6-4-8(15-9(6)10)16(13,14)12(3)7(2)5-11;/h4,7H,5,11H2,1-3H3;1H. The number of hydrogen-bond acceptors (Lipinski definition) is 4. The normalized spacial score (nSPS) is 13.5. The van der Waals surface area contributed by atoms with Crippen molar-refractivity contribution in [1.29, 1.82) is 0 Å². The fraction of sp³-hybridized carbons (Fsp3) is 0.556. The van der Waals surface area contributed by atoms with E-state index in [0.717, 1.165) is 16.9 Å². The number of nitrogens with two attached hydrogens (primary N) is 1. The molecule has 0 bridgehead atoms. The monoisotopic (exact) mass is 318 g/mol. The highest BCUT2D eigenvalue weighted by molar-refractivity contribution is 7.91. The van der Waals surface area contributed by atoms with Gasteiger partial charge in [-0.1, -0.05) is 11.6 Å². The third-order valence-electron chi connectivity index (χ3n) is 2.43. The Balaban J connectivity index is 0.00000256. The van der Waals surface area contributed by atoms with E-state index in [1.807, 2.05) is 0 Å². The van der Waals surface area contributed by atoms with Gasteiger partial charge in [0.2, 0.25) is 0 Å². The second kappa shape index (κ2) is 6.36. The molecule has 0 aromatic carbocycles. The van der Waals surface area contributed by atoms with Crippen LogP contribution in [0.3, 0.4) is 0 Å². The SMILES string of the molecule is Cc1cc(S(=O)(=O)N(C)C(C)CN)sc1Cl.Cl. The largest absolute Gasteiger partial charge is 0.329 e. The predicted octanol–water partition coefficient (Wildman–Crippen LogP) is 2.10. The maximum absolute atomic E-state index is 12.1. The van der Waals surface area contributed by atoms with E-state index in [1.165, 1.54) is 11.4 Å². The van der Waals surface area contributed by atoms with Crippen molar-refractivity contribution in [3.63, 3.8) is 0 Å². The molecule has 0 fully saturated rings. The molecule has 1 atom stereocenters. The minimum absolute atomic E-state index is 0. The van der Waals surface area contributed by atoms with E-state index in [4.69, 9.17) is 17.3 Å². The Hall–Kier alpha value is 0.150. The van der Waals surface area contributed by atoms with E-state index >= 15 is 0 Å². The highest BCUT2D eigenvalue weighted by Gasteiger charge is 2.26. The Morgan fingerprint density at radius 1 is 1.59 bits per heavy atom. The van der Waals surface area contributed by atoms with Crippen LogP contribution in [-0.2, 0) is 10.0 Å². The summed E-state index contributed by atoms with van der Waals surface area (Å²) in [6, 6.07) is 1.35. The minimum Gasteiger partial charge on any atom is -0.329 e. The van der Waals surface area contributed by atoms with Gasteiger partial charge in [0, 0.05) is 19.6 Å². The van der Waals surface area contributed by atoms with Crippen molar-refractivity contribution >= 4 is 45.4 Å². The summed E-state index contributed by atoms with van der Waals surface area (Å²) >= 11 is 6.94. The molecule has 1 rings (SSSR count). The molecule has 0 aliphatic carbocycles. The summed E-state index contributed by atoms with van der Waals surface area (Å²) in [5.41, 5.74) is 6.23. The van der Waals surface area contributed by atoms with Gasteiger partial charge in [-0.3, -0.25) is 0 Å². The van der Waals surface area contributed by atoms with Gasteiger partial charge in [0.25, 0.3) is 10.0 Å². The molecule has 0 aliphatic rings. The number of aryl methyl sites for hydroxylation is 1. The lowest BCUT2D eigenvalue weighted by molar-refractivity contribution is 0.395. The number of rotatable bonds is 4. The van der Waals surface area contributed by atoms with Gasteiger partial charge in [0.1, 0.15) is 4.21 Å². The van der Waals surface area contributed by atoms with Crippen LogP contribution >= 0.6 is 35.3 Å². The molecule has 1 aromatic rings. The van der Waals surface area contributed by atoms with E-state index in [2.05, 4.69) is 0 Å². The quantitative estimate of drug-likeness (QED) is 0.924. The van der Waals surface area contributed by atoms with E-state index < -0.39 is 10.0 Å². The average Bonchev–Trinajstić information content (AvgIpc) is 2.57. The van der Waals surface area contributed by atoms with E-state index in [9.17, 15) is 8.42 Å². The Bertz CT molecular complexity index is 454. The van der Waals surface area contributed by atoms with Crippen molar-refractivity contribution in [1.82, 2.24) is 4.31 Å². The first-order valence-corrected chi connectivity index (χ1v) is 7.38. The Morgan fingerprint density at radius 2 is 2.12 bits per heavy atom. The second-order valence-corrected chi connectivity index (χ2v) is 7.51. The zero-order chi connectivity index (χ0) is 12.5. The van der Waals surface area contributed by atoms with Gasteiger partial charge in [0.05, 0.1) is 4.34 Å². The zero-order valence-electron chi connectivity index (χ0n) is 9.81. The van der Waals surface area contributed by atoms with Gasteiger partial charge in [-0.2, -0.15) is 4.31 Å². The van der Waals surface area contributed by atoms with Gasteiger partial charge in [-0.15, -0.1) is 23.7 Å². The van der Waals surface area contributed by atoms with Crippen LogP contribution in [0.2, 0.25) is 4.34 Å². The molecule has 0 amide bonds. The highest BCUT2D eigenvalue weighted by atomic mass is 35.5.